The van der Waals surface area contributed by atoms with Gasteiger partial charge in [-0.3, -0.25) is 0 Å². The van der Waals surface area contributed by atoms with E-state index in [1.54, 1.807) is 30.5 Å². The molecule has 0 fully saturated rings. The van der Waals surface area contributed by atoms with Gasteiger partial charge in [0.2, 0.25) is 0 Å². The second-order valence-electron chi connectivity index (χ2n) is 3.91. The average molecular weight is 357 g/mol. The molecule has 0 atom stereocenters. The van der Waals surface area contributed by atoms with E-state index in [0.29, 0.717) is 27.5 Å². The van der Waals surface area contributed by atoms with E-state index in [2.05, 4.69) is 25.7 Å². The van der Waals surface area contributed by atoms with E-state index in [-0.39, 0.29) is 0 Å². The first-order valence-corrected chi connectivity index (χ1v) is 6.88. The summed E-state index contributed by atoms with van der Waals surface area (Å²) < 4.78 is 11.0. The Morgan fingerprint density at radius 3 is 2.80 bits per heavy atom. The fourth-order valence-corrected chi connectivity index (χ4v) is 2.25. The second-order valence-corrected chi connectivity index (χ2v) is 5.15. The van der Waals surface area contributed by atoms with Crippen LogP contribution in [0.2, 0.25) is 5.15 Å². The monoisotopic (exact) mass is 355 g/mol. The summed E-state index contributed by atoms with van der Waals surface area (Å²) >= 11 is 9.16. The van der Waals surface area contributed by atoms with Crippen molar-refractivity contribution >= 4 is 33.5 Å². The van der Waals surface area contributed by atoms with Crippen LogP contribution in [0, 0.1) is 0 Å². The van der Waals surface area contributed by atoms with Gasteiger partial charge < -0.3 is 9.47 Å². The van der Waals surface area contributed by atoms with Crippen molar-refractivity contribution in [1.82, 2.24) is 4.98 Å². The summed E-state index contributed by atoms with van der Waals surface area (Å²) in [5, 5.41) is 0.422. The maximum Gasteiger partial charge on any atom is 0.337 e. The quantitative estimate of drug-likeness (QED) is 0.616. The number of esters is 1. The molecule has 0 aliphatic carbocycles. The molecule has 0 aliphatic heterocycles. The van der Waals surface area contributed by atoms with Gasteiger partial charge in [0.1, 0.15) is 17.5 Å². The lowest BCUT2D eigenvalue weighted by Gasteiger charge is -2.09. The smallest absolute Gasteiger partial charge is 0.337 e. The van der Waals surface area contributed by atoms with Crippen LogP contribution in [0.5, 0.6) is 5.75 Å². The zero-order valence-corrected chi connectivity index (χ0v) is 12.9. The molecule has 4 nitrogen and oxygen atoms in total. The van der Waals surface area contributed by atoms with Crippen molar-refractivity contribution in [3.8, 4) is 5.75 Å². The van der Waals surface area contributed by atoms with Crippen molar-refractivity contribution in [3.05, 3.63) is 57.3 Å². The van der Waals surface area contributed by atoms with Crippen molar-refractivity contribution < 1.29 is 14.3 Å². The number of hydrogen-bond acceptors (Lipinski definition) is 4. The Labute approximate surface area is 129 Å². The summed E-state index contributed by atoms with van der Waals surface area (Å²) in [6.45, 7) is 0.360. The van der Waals surface area contributed by atoms with Crippen LogP contribution >= 0.6 is 27.5 Å². The highest BCUT2D eigenvalue weighted by Gasteiger charge is 2.09. The van der Waals surface area contributed by atoms with Gasteiger partial charge in [0, 0.05) is 6.20 Å². The molecule has 104 valence electrons. The Morgan fingerprint density at radius 2 is 2.15 bits per heavy atom. The highest BCUT2D eigenvalue weighted by molar-refractivity contribution is 9.10. The predicted molar refractivity (Wildman–Crippen MR) is 79.1 cm³/mol. The van der Waals surface area contributed by atoms with Crippen LogP contribution in [-0.4, -0.2) is 18.1 Å². The zero-order chi connectivity index (χ0) is 14.5. The minimum atomic E-state index is -0.391. The Bertz CT molecular complexity index is 634. The molecule has 1 aromatic heterocycles. The molecule has 20 heavy (non-hydrogen) atoms. The van der Waals surface area contributed by atoms with E-state index in [1.165, 1.54) is 7.11 Å². The van der Waals surface area contributed by atoms with Crippen LogP contribution in [0.1, 0.15) is 15.9 Å². The largest absolute Gasteiger partial charge is 0.488 e. The van der Waals surface area contributed by atoms with Gasteiger partial charge in [0.05, 0.1) is 17.1 Å². The zero-order valence-electron chi connectivity index (χ0n) is 10.6. The molecule has 0 N–H and O–H groups in total. The number of rotatable bonds is 4. The number of methoxy groups -OCH3 is 1. The molecule has 1 heterocycles. The van der Waals surface area contributed by atoms with E-state index < -0.39 is 5.97 Å². The second kappa shape index (κ2) is 6.72. The third-order valence-corrected chi connectivity index (χ3v) is 3.36. The summed E-state index contributed by atoms with van der Waals surface area (Å²) in [6, 6.07) is 8.56. The molecule has 0 bridgehead atoms. The molecule has 0 aliphatic rings. The van der Waals surface area contributed by atoms with E-state index >= 15 is 0 Å². The predicted octanol–water partition coefficient (Wildman–Crippen LogP) is 3.86. The van der Waals surface area contributed by atoms with Gasteiger partial charge >= 0.3 is 5.97 Å². The number of pyridine rings is 1. The summed E-state index contributed by atoms with van der Waals surface area (Å²) in [5.41, 5.74) is 1.37. The topological polar surface area (TPSA) is 48.4 Å². The number of ether oxygens (including phenoxy) is 2. The van der Waals surface area contributed by atoms with Gasteiger partial charge in [0.25, 0.3) is 0 Å². The van der Waals surface area contributed by atoms with Gasteiger partial charge in [-0.1, -0.05) is 11.6 Å². The summed E-state index contributed by atoms with van der Waals surface area (Å²) in [7, 11) is 1.34. The molecule has 2 rings (SSSR count). The number of nitrogens with zero attached hydrogens (tertiary/aromatic N) is 1. The Morgan fingerprint density at radius 1 is 1.35 bits per heavy atom. The summed E-state index contributed by atoms with van der Waals surface area (Å²) in [5.74, 6) is 0.240. The van der Waals surface area contributed by atoms with Crippen LogP contribution in [-0.2, 0) is 11.3 Å². The maximum atomic E-state index is 11.4. The number of benzene rings is 1. The Balaban J connectivity index is 2.08. The van der Waals surface area contributed by atoms with Crippen LogP contribution in [0.3, 0.4) is 0 Å². The molecule has 0 saturated carbocycles. The van der Waals surface area contributed by atoms with Crippen molar-refractivity contribution in [1.29, 1.82) is 0 Å². The minimum absolute atomic E-state index is 0.360. The highest BCUT2D eigenvalue weighted by atomic mass is 79.9. The molecule has 1 aromatic carbocycles. The molecule has 0 amide bonds. The molecular formula is C14H11BrClNO3. The first-order chi connectivity index (χ1) is 9.60. The summed E-state index contributed by atoms with van der Waals surface area (Å²) in [6.07, 6.45) is 1.62. The molecule has 0 saturated heterocycles. The van der Waals surface area contributed by atoms with Gasteiger partial charge in [-0.05, 0) is 51.8 Å². The van der Waals surface area contributed by atoms with E-state index in [4.69, 9.17) is 16.3 Å². The SMILES string of the molecule is COC(=O)c1ccc(OCc2ccnc(Cl)c2)c(Br)c1. The fraction of sp³-hybridized carbons (Fsp3) is 0.143. The molecular weight excluding hydrogens is 346 g/mol. The van der Waals surface area contributed by atoms with Gasteiger partial charge in [-0.25, -0.2) is 9.78 Å². The van der Waals surface area contributed by atoms with E-state index in [9.17, 15) is 4.79 Å². The number of carbonyl (C=O) groups excluding carboxylic acids is 1. The van der Waals surface area contributed by atoms with Crippen LogP contribution in [0.15, 0.2) is 41.0 Å². The first-order valence-electron chi connectivity index (χ1n) is 5.71. The fourth-order valence-electron chi connectivity index (χ4n) is 1.56. The highest BCUT2D eigenvalue weighted by Crippen LogP contribution is 2.27. The van der Waals surface area contributed by atoms with Crippen LogP contribution < -0.4 is 4.74 Å². The number of halogens is 2. The lowest BCUT2D eigenvalue weighted by molar-refractivity contribution is 0.0600. The van der Waals surface area contributed by atoms with Gasteiger partial charge in [0.15, 0.2) is 0 Å². The van der Waals surface area contributed by atoms with E-state index in [0.717, 1.165) is 5.56 Å². The summed E-state index contributed by atoms with van der Waals surface area (Å²) in [4.78, 5) is 15.3. The molecule has 0 spiro atoms. The van der Waals surface area contributed by atoms with Gasteiger partial charge in [-0.15, -0.1) is 0 Å². The third kappa shape index (κ3) is 3.71. The van der Waals surface area contributed by atoms with Crippen LogP contribution in [0.25, 0.3) is 0 Å². The lowest BCUT2D eigenvalue weighted by Crippen LogP contribution is -2.02. The van der Waals surface area contributed by atoms with Crippen molar-refractivity contribution in [3.63, 3.8) is 0 Å². The maximum absolute atomic E-state index is 11.4. The van der Waals surface area contributed by atoms with E-state index in [1.807, 2.05) is 6.07 Å². The molecule has 0 unspecified atom stereocenters. The lowest BCUT2D eigenvalue weighted by atomic mass is 10.2. The molecule has 6 heteroatoms. The standard InChI is InChI=1S/C14H11BrClNO3/c1-19-14(18)10-2-3-12(11(15)7-10)20-8-9-4-5-17-13(16)6-9/h2-7H,8H2,1H3. The van der Waals surface area contributed by atoms with Crippen molar-refractivity contribution in [2.24, 2.45) is 0 Å². The Hall–Kier alpha value is -1.59. The van der Waals surface area contributed by atoms with Crippen molar-refractivity contribution in [2.75, 3.05) is 7.11 Å². The number of aromatic nitrogens is 1. The average Bonchev–Trinajstić information content (AvgIpc) is 2.45. The molecule has 2 aromatic rings. The number of carbonyl (C=O) groups is 1. The normalized spacial score (nSPS) is 10.2. The van der Waals surface area contributed by atoms with Crippen LogP contribution in [0.4, 0.5) is 0 Å². The number of hydrogen-bond donors (Lipinski definition) is 0. The van der Waals surface area contributed by atoms with Gasteiger partial charge in [-0.2, -0.15) is 0 Å². The molecule has 0 radical (unpaired) electrons. The third-order valence-electron chi connectivity index (χ3n) is 2.54. The first kappa shape index (κ1) is 14.8. The Kier molecular flexibility index (Phi) is 4.98. The minimum Gasteiger partial charge on any atom is -0.488 e. The van der Waals surface area contributed by atoms with Crippen molar-refractivity contribution in [2.45, 2.75) is 6.61 Å².